The first-order valence-electron chi connectivity index (χ1n) is 10.9. The zero-order valence-electron chi connectivity index (χ0n) is 17.9. The van der Waals surface area contributed by atoms with Gasteiger partial charge in [0.1, 0.15) is 18.2 Å². The van der Waals surface area contributed by atoms with Gasteiger partial charge in [-0.05, 0) is 61.1 Å². The van der Waals surface area contributed by atoms with Crippen LogP contribution in [0.4, 0.5) is 15.9 Å². The first-order chi connectivity index (χ1) is 15.1. The third-order valence-corrected chi connectivity index (χ3v) is 5.55. The van der Waals surface area contributed by atoms with E-state index in [9.17, 15) is 4.39 Å². The lowest BCUT2D eigenvalue weighted by Crippen LogP contribution is -2.36. The topological polar surface area (TPSA) is 79.1 Å². The molecule has 0 saturated carbocycles. The highest BCUT2D eigenvalue weighted by Gasteiger charge is 2.17. The third kappa shape index (κ3) is 5.64. The van der Waals surface area contributed by atoms with Crippen LogP contribution in [0.3, 0.4) is 0 Å². The number of nitrogens with zero attached hydrogens (tertiary/aromatic N) is 2. The molecule has 0 radical (unpaired) electrons. The molecule has 0 aliphatic carbocycles. The quantitative estimate of drug-likeness (QED) is 0.531. The van der Waals surface area contributed by atoms with E-state index >= 15 is 0 Å². The number of anilines is 2. The normalized spacial score (nSPS) is 19.4. The Morgan fingerprint density at radius 2 is 1.97 bits per heavy atom. The van der Waals surface area contributed by atoms with Crippen LogP contribution >= 0.6 is 0 Å². The molecule has 7 nitrogen and oxygen atoms in total. The van der Waals surface area contributed by atoms with Gasteiger partial charge in [-0.15, -0.1) is 0 Å². The van der Waals surface area contributed by atoms with E-state index in [1.54, 1.807) is 6.07 Å². The molecule has 2 aliphatic rings. The summed E-state index contributed by atoms with van der Waals surface area (Å²) in [4.78, 5) is 6.85. The number of halogens is 1. The predicted molar refractivity (Wildman–Crippen MR) is 117 cm³/mol. The molecule has 2 aromatic rings. The molecule has 3 heterocycles. The Kier molecular flexibility index (Phi) is 7.21. The minimum Gasteiger partial charge on any atom is -0.475 e. The summed E-state index contributed by atoms with van der Waals surface area (Å²) in [5, 5.41) is 0. The summed E-state index contributed by atoms with van der Waals surface area (Å²) in [5.74, 6) is 0.881. The van der Waals surface area contributed by atoms with Crippen molar-refractivity contribution in [3.8, 4) is 17.0 Å². The first kappa shape index (κ1) is 21.8. The SMILES string of the molecule is Cc1cc(F)c(N)cc1-c1cc(OCCOC2CCCCO2)nc(N2CCOCC2)c1. The molecule has 1 aromatic heterocycles. The van der Waals surface area contributed by atoms with E-state index in [1.165, 1.54) is 6.07 Å². The maximum Gasteiger partial charge on any atom is 0.215 e. The molecule has 0 amide bonds. The lowest BCUT2D eigenvalue weighted by molar-refractivity contribution is -0.165. The van der Waals surface area contributed by atoms with E-state index in [0.717, 1.165) is 61.5 Å². The Hall–Kier alpha value is -2.42. The van der Waals surface area contributed by atoms with Gasteiger partial charge < -0.3 is 29.6 Å². The van der Waals surface area contributed by atoms with Gasteiger partial charge in [-0.25, -0.2) is 4.39 Å². The summed E-state index contributed by atoms with van der Waals surface area (Å²) < 4.78 is 36.6. The van der Waals surface area contributed by atoms with Crippen molar-refractivity contribution in [3.05, 3.63) is 35.6 Å². The van der Waals surface area contributed by atoms with Gasteiger partial charge >= 0.3 is 0 Å². The fourth-order valence-corrected chi connectivity index (χ4v) is 3.84. The number of hydrogen-bond donors (Lipinski definition) is 1. The monoisotopic (exact) mass is 431 g/mol. The lowest BCUT2D eigenvalue weighted by atomic mass is 10.00. The van der Waals surface area contributed by atoms with Gasteiger partial charge in [0, 0.05) is 25.8 Å². The Balaban J connectivity index is 1.52. The average molecular weight is 432 g/mol. The van der Waals surface area contributed by atoms with Gasteiger partial charge in [-0.3, -0.25) is 0 Å². The van der Waals surface area contributed by atoms with E-state index in [-0.39, 0.29) is 12.0 Å². The fourth-order valence-electron chi connectivity index (χ4n) is 3.84. The number of hydrogen-bond acceptors (Lipinski definition) is 7. The van der Waals surface area contributed by atoms with Crippen LogP contribution in [-0.2, 0) is 14.2 Å². The zero-order valence-corrected chi connectivity index (χ0v) is 17.9. The number of nitrogen functional groups attached to an aromatic ring is 1. The van der Waals surface area contributed by atoms with Crippen molar-refractivity contribution < 1.29 is 23.3 Å². The van der Waals surface area contributed by atoms with Gasteiger partial charge in [-0.1, -0.05) is 0 Å². The molecule has 2 aliphatic heterocycles. The van der Waals surface area contributed by atoms with Crippen molar-refractivity contribution in [1.29, 1.82) is 0 Å². The summed E-state index contributed by atoms with van der Waals surface area (Å²) in [6.45, 7) is 6.21. The molecule has 31 heavy (non-hydrogen) atoms. The van der Waals surface area contributed by atoms with Crippen LogP contribution in [0.5, 0.6) is 5.88 Å². The number of aryl methyl sites for hydroxylation is 1. The van der Waals surface area contributed by atoms with Crippen LogP contribution in [0.25, 0.3) is 11.1 Å². The number of benzene rings is 1. The van der Waals surface area contributed by atoms with Crippen LogP contribution in [0.2, 0.25) is 0 Å². The van der Waals surface area contributed by atoms with Crippen LogP contribution in [0.1, 0.15) is 24.8 Å². The molecule has 1 atom stereocenters. The molecule has 1 aromatic carbocycles. The average Bonchev–Trinajstić information content (AvgIpc) is 2.80. The molecule has 8 heteroatoms. The molecular weight excluding hydrogens is 401 g/mol. The summed E-state index contributed by atoms with van der Waals surface area (Å²) in [6.07, 6.45) is 2.98. The molecule has 2 saturated heterocycles. The highest BCUT2D eigenvalue weighted by molar-refractivity contribution is 5.74. The smallest absolute Gasteiger partial charge is 0.215 e. The van der Waals surface area contributed by atoms with E-state index in [2.05, 4.69) is 4.90 Å². The highest BCUT2D eigenvalue weighted by Crippen LogP contribution is 2.32. The van der Waals surface area contributed by atoms with E-state index in [4.69, 9.17) is 29.7 Å². The van der Waals surface area contributed by atoms with E-state index in [1.807, 2.05) is 19.1 Å². The van der Waals surface area contributed by atoms with Crippen LogP contribution in [-0.4, -0.2) is 57.4 Å². The van der Waals surface area contributed by atoms with Gasteiger partial charge in [0.15, 0.2) is 6.29 Å². The van der Waals surface area contributed by atoms with Gasteiger partial charge in [0.05, 0.1) is 25.5 Å². The number of nitrogens with two attached hydrogens (primary N) is 1. The Labute approximate surface area is 182 Å². The van der Waals surface area contributed by atoms with E-state index < -0.39 is 5.82 Å². The summed E-state index contributed by atoms with van der Waals surface area (Å²) >= 11 is 0. The Morgan fingerprint density at radius 3 is 2.74 bits per heavy atom. The first-order valence-corrected chi connectivity index (χ1v) is 10.9. The van der Waals surface area contributed by atoms with Crippen LogP contribution in [0.15, 0.2) is 24.3 Å². The van der Waals surface area contributed by atoms with Crippen molar-refractivity contribution >= 4 is 11.5 Å². The van der Waals surface area contributed by atoms with Gasteiger partial charge in [0.2, 0.25) is 5.88 Å². The molecule has 1 unspecified atom stereocenters. The van der Waals surface area contributed by atoms with E-state index in [0.29, 0.717) is 32.3 Å². The van der Waals surface area contributed by atoms with Crippen molar-refractivity contribution in [2.24, 2.45) is 0 Å². The van der Waals surface area contributed by atoms with Crippen LogP contribution in [0, 0.1) is 12.7 Å². The Bertz CT molecular complexity index is 883. The predicted octanol–water partition coefficient (Wildman–Crippen LogP) is 3.54. The molecule has 0 bridgehead atoms. The largest absolute Gasteiger partial charge is 0.475 e. The minimum absolute atomic E-state index is 0.119. The fraction of sp³-hybridized carbons (Fsp3) is 0.522. The number of aromatic nitrogens is 1. The maximum atomic E-state index is 13.9. The standard InChI is InChI=1S/C23H30FN3O4/c1-16-12-19(24)20(25)15-18(16)17-13-21(27-5-8-28-9-6-27)26-22(14-17)29-10-11-31-23-4-2-3-7-30-23/h12-15,23H,2-11,25H2,1H3. The highest BCUT2D eigenvalue weighted by atomic mass is 19.1. The summed E-state index contributed by atoms with van der Waals surface area (Å²) in [6, 6.07) is 6.97. The molecule has 2 fully saturated rings. The molecule has 2 N–H and O–H groups in total. The lowest BCUT2D eigenvalue weighted by Gasteiger charge is -2.28. The molecule has 0 spiro atoms. The van der Waals surface area contributed by atoms with Crippen molar-refractivity contribution in [2.75, 3.05) is 56.8 Å². The number of rotatable bonds is 7. The van der Waals surface area contributed by atoms with Gasteiger partial charge in [0.25, 0.3) is 0 Å². The van der Waals surface area contributed by atoms with Crippen LogP contribution < -0.4 is 15.4 Å². The second kappa shape index (κ2) is 10.3. The van der Waals surface area contributed by atoms with Gasteiger partial charge in [-0.2, -0.15) is 4.98 Å². The molecule has 4 rings (SSSR count). The second-order valence-electron chi connectivity index (χ2n) is 7.86. The number of morpholine rings is 1. The molecule has 168 valence electrons. The summed E-state index contributed by atoms with van der Waals surface area (Å²) in [7, 11) is 0. The maximum absolute atomic E-state index is 13.9. The number of pyridine rings is 1. The summed E-state index contributed by atoms with van der Waals surface area (Å²) in [5.41, 5.74) is 8.49. The van der Waals surface area contributed by atoms with Crippen molar-refractivity contribution in [2.45, 2.75) is 32.5 Å². The van der Waals surface area contributed by atoms with Crippen molar-refractivity contribution in [1.82, 2.24) is 4.98 Å². The minimum atomic E-state index is -0.415. The number of ether oxygens (including phenoxy) is 4. The third-order valence-electron chi connectivity index (χ3n) is 5.55. The zero-order chi connectivity index (χ0) is 21.6. The Morgan fingerprint density at radius 1 is 1.13 bits per heavy atom. The van der Waals surface area contributed by atoms with Crippen molar-refractivity contribution in [3.63, 3.8) is 0 Å². The molecular formula is C23H30FN3O4. The second-order valence-corrected chi connectivity index (χ2v) is 7.86.